The molecule has 0 amide bonds. The van der Waals surface area contributed by atoms with E-state index in [0.717, 1.165) is 12.2 Å². The van der Waals surface area contributed by atoms with Crippen LogP contribution >= 0.6 is 73.2 Å². The predicted molar refractivity (Wildman–Crippen MR) is 70.6 cm³/mol. The van der Waals surface area contributed by atoms with E-state index >= 15 is 0 Å². The fraction of sp³-hybridized carbons (Fsp3) is 1.00. The van der Waals surface area contributed by atoms with Crippen molar-refractivity contribution in [1.29, 1.82) is 0 Å². The normalized spacial score (nSPS) is 39.0. The molecule has 0 bridgehead atoms. The Hall–Kier alpha value is 2.10. The SMILES string of the molecule is SCCC1SC(S)SC(S)S1. The quantitative estimate of drug-likeness (QED) is 0.654. The zero-order valence-corrected chi connectivity index (χ0v) is 10.8. The number of hydrogen-bond donors (Lipinski definition) is 3. The minimum Gasteiger partial charge on any atom is -0.179 e. The van der Waals surface area contributed by atoms with Crippen LogP contribution in [0.1, 0.15) is 6.42 Å². The summed E-state index contributed by atoms with van der Waals surface area (Å²) in [5, 5.41) is 0. The molecule has 0 aromatic carbocycles. The maximum Gasteiger partial charge on any atom is 0.0958 e. The maximum atomic E-state index is 4.41. The van der Waals surface area contributed by atoms with Crippen LogP contribution < -0.4 is 0 Å². The van der Waals surface area contributed by atoms with Gasteiger partial charge in [0.05, 0.1) is 12.4 Å². The van der Waals surface area contributed by atoms with E-state index in [1.807, 2.05) is 23.5 Å². The van der Waals surface area contributed by atoms with E-state index in [4.69, 9.17) is 0 Å². The Morgan fingerprint density at radius 1 is 1.00 bits per heavy atom. The van der Waals surface area contributed by atoms with Crippen molar-refractivity contribution in [3.05, 3.63) is 0 Å². The van der Waals surface area contributed by atoms with Crippen molar-refractivity contribution in [3.8, 4) is 0 Å². The first-order chi connectivity index (χ1) is 5.22. The summed E-state index contributed by atoms with van der Waals surface area (Å²) in [6.07, 6.45) is 1.15. The summed E-state index contributed by atoms with van der Waals surface area (Å²) in [7, 11) is 0. The van der Waals surface area contributed by atoms with Crippen molar-refractivity contribution in [2.24, 2.45) is 0 Å². The summed E-state index contributed by atoms with van der Waals surface area (Å²) < 4.78 is 1.42. The van der Waals surface area contributed by atoms with E-state index in [2.05, 4.69) is 37.9 Å². The van der Waals surface area contributed by atoms with Gasteiger partial charge in [-0.1, -0.05) is 0 Å². The Bertz CT molecular complexity index is 108. The second-order valence-corrected chi connectivity index (χ2v) is 9.58. The Kier molecular flexibility index (Phi) is 5.84. The molecule has 0 saturated carbocycles. The Morgan fingerprint density at radius 3 is 2.00 bits per heavy atom. The van der Waals surface area contributed by atoms with Gasteiger partial charge in [-0.3, -0.25) is 0 Å². The molecule has 0 aliphatic carbocycles. The second kappa shape index (κ2) is 5.75. The van der Waals surface area contributed by atoms with E-state index < -0.39 is 0 Å². The lowest BCUT2D eigenvalue weighted by molar-refractivity contribution is 1.08. The molecule has 66 valence electrons. The third-order valence-electron chi connectivity index (χ3n) is 1.13. The monoisotopic (exact) mass is 262 g/mol. The Balaban J connectivity index is 2.30. The van der Waals surface area contributed by atoms with E-state index in [1.165, 1.54) is 0 Å². The molecule has 0 aromatic heterocycles. The van der Waals surface area contributed by atoms with E-state index in [-0.39, 0.29) is 0 Å². The highest BCUT2D eigenvalue weighted by Gasteiger charge is 2.25. The highest BCUT2D eigenvalue weighted by Crippen LogP contribution is 2.50. The molecule has 1 fully saturated rings. The highest BCUT2D eigenvalue weighted by atomic mass is 32.3. The van der Waals surface area contributed by atoms with Crippen molar-refractivity contribution in [2.75, 3.05) is 5.75 Å². The summed E-state index contributed by atoms with van der Waals surface area (Å²) in [5.41, 5.74) is 0. The van der Waals surface area contributed by atoms with Gasteiger partial charge in [-0.05, 0) is 12.2 Å². The average Bonchev–Trinajstić information content (AvgIpc) is 1.85. The van der Waals surface area contributed by atoms with Crippen LogP contribution in [0.5, 0.6) is 0 Å². The molecular weight excluding hydrogens is 252 g/mol. The van der Waals surface area contributed by atoms with Gasteiger partial charge in [-0.2, -0.15) is 37.9 Å². The third-order valence-corrected chi connectivity index (χ3v) is 6.86. The topological polar surface area (TPSA) is 0 Å². The minimum atomic E-state index is 0.392. The van der Waals surface area contributed by atoms with E-state index in [9.17, 15) is 0 Å². The molecule has 2 unspecified atom stereocenters. The summed E-state index contributed by atoms with van der Waals surface area (Å²) in [6, 6.07) is 0. The lowest BCUT2D eigenvalue weighted by Gasteiger charge is -2.28. The van der Waals surface area contributed by atoms with Crippen molar-refractivity contribution in [3.63, 3.8) is 0 Å². The van der Waals surface area contributed by atoms with Crippen molar-refractivity contribution in [2.45, 2.75) is 18.8 Å². The zero-order valence-electron chi connectivity index (χ0n) is 5.71. The minimum absolute atomic E-state index is 0.392. The molecule has 0 N–H and O–H groups in total. The van der Waals surface area contributed by atoms with Crippen LogP contribution in [-0.2, 0) is 0 Å². The fourth-order valence-electron chi connectivity index (χ4n) is 0.697. The summed E-state index contributed by atoms with van der Waals surface area (Å²) in [4.78, 5) is 0. The first kappa shape index (κ1) is 11.2. The number of thioether (sulfide) groups is 3. The van der Waals surface area contributed by atoms with Gasteiger partial charge >= 0.3 is 0 Å². The molecule has 1 aliphatic rings. The van der Waals surface area contributed by atoms with Gasteiger partial charge in [0.1, 0.15) is 0 Å². The van der Waals surface area contributed by atoms with Crippen LogP contribution in [0.2, 0.25) is 0 Å². The smallest absolute Gasteiger partial charge is 0.0958 e. The molecular formula is C5H10S6. The zero-order chi connectivity index (χ0) is 8.27. The van der Waals surface area contributed by atoms with Crippen molar-refractivity contribution >= 4 is 73.2 Å². The van der Waals surface area contributed by atoms with Crippen molar-refractivity contribution < 1.29 is 0 Å². The molecule has 2 atom stereocenters. The Morgan fingerprint density at radius 2 is 1.55 bits per heavy atom. The van der Waals surface area contributed by atoms with E-state index in [0.29, 0.717) is 12.4 Å². The number of rotatable bonds is 2. The number of thiol groups is 3. The van der Waals surface area contributed by atoms with Gasteiger partial charge in [-0.15, -0.1) is 35.3 Å². The van der Waals surface area contributed by atoms with Crippen LogP contribution in [-0.4, -0.2) is 18.2 Å². The molecule has 1 rings (SSSR count). The van der Waals surface area contributed by atoms with Crippen LogP contribution in [0.3, 0.4) is 0 Å². The molecule has 1 heterocycles. The van der Waals surface area contributed by atoms with Gasteiger partial charge in [0.15, 0.2) is 0 Å². The molecule has 0 spiro atoms. The molecule has 0 nitrogen and oxygen atoms in total. The van der Waals surface area contributed by atoms with Gasteiger partial charge in [-0.25, -0.2) is 0 Å². The molecule has 0 aromatic rings. The largest absolute Gasteiger partial charge is 0.179 e. The molecule has 11 heavy (non-hydrogen) atoms. The van der Waals surface area contributed by atoms with Gasteiger partial charge in [0.25, 0.3) is 0 Å². The standard InChI is InChI=1S/C5H10S6/c6-2-1-3-9-4(7)11-5(8)10-3/h3-8H,1-2H2. The van der Waals surface area contributed by atoms with Gasteiger partial charge in [0, 0.05) is 0 Å². The fourth-order valence-corrected chi connectivity index (χ4v) is 8.96. The van der Waals surface area contributed by atoms with Crippen LogP contribution in [0, 0.1) is 0 Å². The molecule has 6 heteroatoms. The summed E-state index contributed by atoms with van der Waals surface area (Å²) >= 11 is 18.6. The first-order valence-electron chi connectivity index (χ1n) is 3.16. The van der Waals surface area contributed by atoms with Gasteiger partial charge in [0.2, 0.25) is 0 Å². The third kappa shape index (κ3) is 4.22. The molecule has 0 radical (unpaired) electrons. The lowest BCUT2D eigenvalue weighted by Crippen LogP contribution is -2.11. The lowest BCUT2D eigenvalue weighted by atomic mass is 10.6. The highest BCUT2D eigenvalue weighted by molar-refractivity contribution is 8.43. The van der Waals surface area contributed by atoms with Crippen LogP contribution in [0.4, 0.5) is 0 Å². The Labute approximate surface area is 97.0 Å². The van der Waals surface area contributed by atoms with Gasteiger partial charge < -0.3 is 0 Å². The second-order valence-electron chi connectivity index (χ2n) is 1.96. The van der Waals surface area contributed by atoms with Crippen LogP contribution in [0.25, 0.3) is 0 Å². The number of hydrogen-bond acceptors (Lipinski definition) is 6. The van der Waals surface area contributed by atoms with E-state index in [1.54, 1.807) is 11.8 Å². The maximum absolute atomic E-state index is 4.41. The molecule has 1 saturated heterocycles. The van der Waals surface area contributed by atoms with Crippen molar-refractivity contribution in [1.82, 2.24) is 0 Å². The summed E-state index contributed by atoms with van der Waals surface area (Å²) in [5.74, 6) is 0.955. The van der Waals surface area contributed by atoms with Crippen LogP contribution in [0.15, 0.2) is 0 Å². The molecule has 1 aliphatic heterocycles. The predicted octanol–water partition coefficient (Wildman–Crippen LogP) is 3.27. The first-order valence-corrected chi connectivity index (χ1v) is 7.65. The summed E-state index contributed by atoms with van der Waals surface area (Å²) in [6.45, 7) is 0. The average molecular weight is 263 g/mol.